The molecular weight excluding hydrogens is 371 g/mol. The van der Waals surface area contributed by atoms with Crippen LogP contribution >= 0.6 is 0 Å². The van der Waals surface area contributed by atoms with Gasteiger partial charge in [-0.2, -0.15) is 0 Å². The van der Waals surface area contributed by atoms with E-state index < -0.39 is 17.7 Å². The number of ether oxygens (including phenoxy) is 1. The van der Waals surface area contributed by atoms with Gasteiger partial charge in [0.25, 0.3) is 0 Å². The average molecular weight is 388 g/mol. The van der Waals surface area contributed by atoms with Gasteiger partial charge in [0.15, 0.2) is 5.78 Å². The van der Waals surface area contributed by atoms with Crippen molar-refractivity contribution in [3.63, 3.8) is 0 Å². The summed E-state index contributed by atoms with van der Waals surface area (Å²) in [4.78, 5) is 27.9. The number of rotatable bonds is 5. The molecule has 0 radical (unpaired) electrons. The quantitative estimate of drug-likeness (QED) is 0.457. The van der Waals surface area contributed by atoms with E-state index >= 15 is 0 Å². The molecule has 6 heteroatoms. The minimum atomic E-state index is -0.689. The van der Waals surface area contributed by atoms with Crippen molar-refractivity contribution in [3.05, 3.63) is 102 Å². The topological polar surface area (TPSA) is 71.2 Å². The Bertz CT molecular complexity index is 1190. The van der Waals surface area contributed by atoms with Crippen molar-refractivity contribution in [1.29, 1.82) is 0 Å². The molecule has 0 atom stereocenters. The normalized spacial score (nSPS) is 10.7. The Labute approximate surface area is 166 Å². The summed E-state index contributed by atoms with van der Waals surface area (Å²) in [6.45, 7) is 0.106. The summed E-state index contributed by atoms with van der Waals surface area (Å²) in [7, 11) is 0. The molecule has 4 aromatic rings. The number of anilines is 1. The molecule has 2 N–H and O–H groups in total. The van der Waals surface area contributed by atoms with Crippen molar-refractivity contribution < 1.29 is 18.7 Å². The molecule has 3 aromatic carbocycles. The minimum absolute atomic E-state index is 0.106. The van der Waals surface area contributed by atoms with Gasteiger partial charge in [0, 0.05) is 28.4 Å². The van der Waals surface area contributed by atoms with Gasteiger partial charge >= 0.3 is 6.09 Å². The van der Waals surface area contributed by atoms with Crippen LogP contribution in [0.5, 0.6) is 0 Å². The van der Waals surface area contributed by atoms with Crippen LogP contribution in [0.2, 0.25) is 0 Å². The van der Waals surface area contributed by atoms with Gasteiger partial charge in [0.2, 0.25) is 0 Å². The van der Waals surface area contributed by atoms with E-state index in [0.717, 1.165) is 17.1 Å². The maximum Gasteiger partial charge on any atom is 0.411 e. The molecule has 0 aliphatic heterocycles. The molecule has 0 fully saturated rings. The maximum absolute atomic E-state index is 14.3. The van der Waals surface area contributed by atoms with E-state index in [0.29, 0.717) is 10.9 Å². The molecule has 0 unspecified atom stereocenters. The first kappa shape index (κ1) is 18.4. The van der Waals surface area contributed by atoms with Gasteiger partial charge in [-0.1, -0.05) is 48.5 Å². The van der Waals surface area contributed by atoms with E-state index in [4.69, 9.17) is 4.74 Å². The third-order valence-corrected chi connectivity index (χ3v) is 4.50. The van der Waals surface area contributed by atoms with Crippen LogP contribution in [-0.2, 0) is 11.3 Å². The molecule has 0 bridgehead atoms. The van der Waals surface area contributed by atoms with Gasteiger partial charge in [0.05, 0.1) is 5.56 Å². The highest BCUT2D eigenvalue weighted by Gasteiger charge is 2.19. The Morgan fingerprint density at radius 3 is 2.52 bits per heavy atom. The molecule has 144 valence electrons. The third-order valence-electron chi connectivity index (χ3n) is 4.50. The lowest BCUT2D eigenvalue weighted by atomic mass is 10.0. The number of H-pyrrole nitrogens is 1. The number of amides is 1. The Morgan fingerprint density at radius 2 is 1.69 bits per heavy atom. The molecule has 1 aromatic heterocycles. The number of hydrogen-bond donors (Lipinski definition) is 2. The number of ketones is 1. The summed E-state index contributed by atoms with van der Waals surface area (Å²) >= 11 is 0. The monoisotopic (exact) mass is 388 g/mol. The maximum atomic E-state index is 14.3. The van der Waals surface area contributed by atoms with E-state index in [-0.39, 0.29) is 17.9 Å². The zero-order valence-corrected chi connectivity index (χ0v) is 15.3. The Balaban J connectivity index is 1.51. The SMILES string of the molecule is O=C(Nc1ccc(F)c(C(=O)c2c[nH]c3ccccc23)c1)OCc1ccccc1. The van der Waals surface area contributed by atoms with Crippen LogP contribution in [-0.4, -0.2) is 16.9 Å². The Hall–Kier alpha value is -3.93. The predicted octanol–water partition coefficient (Wildman–Crippen LogP) is 5.29. The Morgan fingerprint density at radius 1 is 0.931 bits per heavy atom. The predicted molar refractivity (Wildman–Crippen MR) is 108 cm³/mol. The first-order valence-corrected chi connectivity index (χ1v) is 9.00. The number of carbonyl (C=O) groups is 2. The number of hydrogen-bond acceptors (Lipinski definition) is 3. The highest BCUT2D eigenvalue weighted by Crippen LogP contribution is 2.24. The summed E-state index contributed by atoms with van der Waals surface area (Å²) in [6.07, 6.45) is 0.867. The van der Waals surface area contributed by atoms with Gasteiger partial charge in [-0.15, -0.1) is 0 Å². The summed E-state index contributed by atoms with van der Waals surface area (Å²) in [5.41, 5.74) is 2.14. The second-order valence-electron chi connectivity index (χ2n) is 6.46. The molecular formula is C23H17FN2O3. The van der Waals surface area contributed by atoms with Crippen LogP contribution in [0.4, 0.5) is 14.9 Å². The van der Waals surface area contributed by atoms with Gasteiger partial charge in [-0.3, -0.25) is 10.1 Å². The molecule has 4 rings (SSSR count). The number of aromatic amines is 1. The highest BCUT2D eigenvalue weighted by molar-refractivity contribution is 6.16. The fourth-order valence-electron chi connectivity index (χ4n) is 3.06. The van der Waals surface area contributed by atoms with Crippen molar-refractivity contribution in [2.75, 3.05) is 5.32 Å². The lowest BCUT2D eigenvalue weighted by Crippen LogP contribution is -2.14. The van der Waals surface area contributed by atoms with Crippen LogP contribution in [0.3, 0.4) is 0 Å². The molecule has 0 aliphatic rings. The van der Waals surface area contributed by atoms with Crippen molar-refractivity contribution >= 4 is 28.5 Å². The number of benzene rings is 3. The molecule has 0 aliphatic carbocycles. The largest absolute Gasteiger partial charge is 0.444 e. The summed E-state index contributed by atoms with van der Waals surface area (Å²) in [5, 5.41) is 3.24. The fraction of sp³-hybridized carbons (Fsp3) is 0.0435. The third kappa shape index (κ3) is 4.01. The zero-order chi connectivity index (χ0) is 20.2. The summed E-state index contributed by atoms with van der Waals surface area (Å²) < 4.78 is 19.5. The second-order valence-corrected chi connectivity index (χ2v) is 6.46. The molecule has 1 heterocycles. The average Bonchev–Trinajstić information content (AvgIpc) is 3.18. The number of fused-ring (bicyclic) bond motifs is 1. The van der Waals surface area contributed by atoms with Gasteiger partial charge in [-0.25, -0.2) is 9.18 Å². The molecule has 5 nitrogen and oxygen atoms in total. The zero-order valence-electron chi connectivity index (χ0n) is 15.3. The molecule has 0 saturated carbocycles. The van der Waals surface area contributed by atoms with Crippen LogP contribution in [0.15, 0.2) is 79.0 Å². The first-order valence-electron chi connectivity index (χ1n) is 9.00. The van der Waals surface area contributed by atoms with Gasteiger partial charge in [0.1, 0.15) is 12.4 Å². The number of halogens is 1. The standard InChI is InChI=1S/C23H17FN2O3/c24-20-11-10-16(26-23(28)29-14-15-6-2-1-3-7-15)12-18(20)22(27)19-13-25-21-9-5-4-8-17(19)21/h1-13,25H,14H2,(H,26,28). The van der Waals surface area contributed by atoms with E-state index in [1.54, 1.807) is 12.3 Å². The van der Waals surface area contributed by atoms with Crippen molar-refractivity contribution in [1.82, 2.24) is 4.98 Å². The fourth-order valence-corrected chi connectivity index (χ4v) is 3.06. The van der Waals surface area contributed by atoms with Crippen LogP contribution in [0.1, 0.15) is 21.5 Å². The number of para-hydroxylation sites is 1. The van der Waals surface area contributed by atoms with E-state index in [9.17, 15) is 14.0 Å². The van der Waals surface area contributed by atoms with E-state index in [1.807, 2.05) is 48.5 Å². The Kier molecular flexibility index (Phi) is 5.07. The van der Waals surface area contributed by atoms with Crippen molar-refractivity contribution in [3.8, 4) is 0 Å². The van der Waals surface area contributed by atoms with Crippen LogP contribution in [0, 0.1) is 5.82 Å². The summed E-state index contributed by atoms with van der Waals surface area (Å²) in [5.74, 6) is -1.13. The van der Waals surface area contributed by atoms with Crippen LogP contribution < -0.4 is 5.32 Å². The van der Waals surface area contributed by atoms with Crippen molar-refractivity contribution in [2.24, 2.45) is 0 Å². The lowest BCUT2D eigenvalue weighted by Gasteiger charge is -2.09. The summed E-state index contributed by atoms with van der Waals surface area (Å²) in [6, 6.07) is 20.4. The van der Waals surface area contributed by atoms with Gasteiger partial charge in [-0.05, 0) is 29.8 Å². The number of carbonyl (C=O) groups excluding carboxylic acids is 2. The molecule has 1 amide bonds. The number of nitrogens with one attached hydrogen (secondary N) is 2. The van der Waals surface area contributed by atoms with E-state index in [1.165, 1.54) is 12.1 Å². The van der Waals surface area contributed by atoms with E-state index in [2.05, 4.69) is 10.3 Å². The molecule has 29 heavy (non-hydrogen) atoms. The number of aromatic nitrogens is 1. The first-order chi connectivity index (χ1) is 14.1. The van der Waals surface area contributed by atoms with Crippen LogP contribution in [0.25, 0.3) is 10.9 Å². The smallest absolute Gasteiger partial charge is 0.411 e. The van der Waals surface area contributed by atoms with Gasteiger partial charge < -0.3 is 9.72 Å². The molecule has 0 saturated heterocycles. The van der Waals surface area contributed by atoms with Crippen molar-refractivity contribution in [2.45, 2.75) is 6.61 Å². The highest BCUT2D eigenvalue weighted by atomic mass is 19.1. The second kappa shape index (κ2) is 7.98. The minimum Gasteiger partial charge on any atom is -0.444 e. The molecule has 0 spiro atoms. The lowest BCUT2D eigenvalue weighted by molar-refractivity contribution is 0.103.